The first kappa shape index (κ1) is 42.6. The number of methoxy groups -OCH3 is 2. The number of ether oxygens (including phenoxy) is 2. The zero-order valence-electron chi connectivity index (χ0n) is 37.3. The molecule has 0 unspecified atom stereocenters. The van der Waals surface area contributed by atoms with Crippen LogP contribution < -0.4 is 10.6 Å². The van der Waals surface area contributed by atoms with Crippen LogP contribution in [0.3, 0.4) is 0 Å². The monoisotopic (exact) mass is 888 g/mol. The van der Waals surface area contributed by atoms with Crippen molar-refractivity contribution in [1.82, 2.24) is 40.4 Å². The van der Waals surface area contributed by atoms with Gasteiger partial charge in [0.25, 0.3) is 5.92 Å². The SMILES string of the molecule is COC(=O)N[C@H](C(=O)N1CC2(CC2)C[C@H]1c1ncc(-c2ccc3c(c2)C(F)(F)c2cc(-c4ccc5nc([C@@H]6[C@@H]7CC[C@@H](C7)N6C(=O)[C@H](NC(=O)OC)C(C)C)[nH]c5c4)ccc2-3)[nH]1)C(C)C. The van der Waals surface area contributed by atoms with Crippen molar-refractivity contribution in [3.63, 3.8) is 0 Å². The highest BCUT2D eigenvalue weighted by atomic mass is 19.3. The van der Waals surface area contributed by atoms with Crippen LogP contribution in [0, 0.1) is 23.2 Å². The van der Waals surface area contributed by atoms with E-state index in [1.165, 1.54) is 20.3 Å². The van der Waals surface area contributed by atoms with Crippen molar-refractivity contribution in [3.8, 4) is 33.5 Å². The number of likely N-dealkylation sites (tertiary alicyclic amines) is 2. The van der Waals surface area contributed by atoms with Gasteiger partial charge in [0.05, 0.1) is 49.2 Å². The maximum absolute atomic E-state index is 16.7. The summed E-state index contributed by atoms with van der Waals surface area (Å²) in [6, 6.07) is 13.8. The highest BCUT2D eigenvalue weighted by Crippen LogP contribution is 2.59. The zero-order chi connectivity index (χ0) is 45.7. The van der Waals surface area contributed by atoms with Crippen LogP contribution in [0.5, 0.6) is 0 Å². The number of benzene rings is 3. The van der Waals surface area contributed by atoms with E-state index in [1.54, 1.807) is 29.3 Å². The molecule has 340 valence electrons. The number of fused-ring (bicyclic) bond motifs is 6. The molecule has 5 aromatic rings. The van der Waals surface area contributed by atoms with E-state index in [0.717, 1.165) is 49.6 Å². The van der Waals surface area contributed by atoms with Crippen LogP contribution in [-0.2, 0) is 25.0 Å². The van der Waals surface area contributed by atoms with Crippen LogP contribution in [0.2, 0.25) is 0 Å². The van der Waals surface area contributed by atoms with Gasteiger partial charge in [0.1, 0.15) is 23.7 Å². The predicted octanol–water partition coefficient (Wildman–Crippen LogP) is 8.61. The number of aromatic nitrogens is 4. The van der Waals surface area contributed by atoms with E-state index in [4.69, 9.17) is 19.4 Å². The summed E-state index contributed by atoms with van der Waals surface area (Å²) in [6.45, 7) is 8.09. The van der Waals surface area contributed by atoms with Gasteiger partial charge in [-0.15, -0.1) is 0 Å². The summed E-state index contributed by atoms with van der Waals surface area (Å²) in [7, 11) is 2.54. The average molecular weight is 889 g/mol. The van der Waals surface area contributed by atoms with Crippen molar-refractivity contribution >= 4 is 35.0 Å². The van der Waals surface area contributed by atoms with Gasteiger partial charge in [-0.3, -0.25) is 9.59 Å². The summed E-state index contributed by atoms with van der Waals surface area (Å²) >= 11 is 0. The predicted molar refractivity (Wildman–Crippen MR) is 237 cm³/mol. The summed E-state index contributed by atoms with van der Waals surface area (Å²) in [4.78, 5) is 72.6. The molecule has 14 nitrogen and oxygen atoms in total. The van der Waals surface area contributed by atoms with Crippen LogP contribution in [-0.4, -0.2) is 92.6 Å². The highest BCUT2D eigenvalue weighted by Gasteiger charge is 2.56. The molecule has 6 atom stereocenters. The lowest BCUT2D eigenvalue weighted by Gasteiger charge is -2.37. The molecule has 4 amide bonds. The van der Waals surface area contributed by atoms with Crippen LogP contribution in [0.15, 0.2) is 60.8 Å². The first-order chi connectivity index (χ1) is 31.1. The van der Waals surface area contributed by atoms with Gasteiger partial charge in [-0.05, 0) is 108 Å². The van der Waals surface area contributed by atoms with E-state index in [1.807, 2.05) is 62.9 Å². The van der Waals surface area contributed by atoms with E-state index in [-0.39, 0.29) is 64.2 Å². The molecular weight excluding hydrogens is 835 g/mol. The van der Waals surface area contributed by atoms with E-state index >= 15 is 8.78 Å². The molecule has 1 spiro atoms. The number of carbonyl (C=O) groups is 4. The molecule has 2 saturated heterocycles. The number of imidazole rings is 2. The fourth-order valence-electron chi connectivity index (χ4n) is 11.0. The number of nitrogens with zero attached hydrogens (tertiary/aromatic N) is 4. The lowest BCUT2D eigenvalue weighted by Crippen LogP contribution is -2.54. The Labute approximate surface area is 375 Å². The van der Waals surface area contributed by atoms with E-state index in [2.05, 4.69) is 20.6 Å². The average Bonchev–Trinajstić information content (AvgIpc) is 3.95. The Morgan fingerprint density at radius 1 is 0.785 bits per heavy atom. The third kappa shape index (κ3) is 7.19. The Hall–Kier alpha value is -6.32. The number of hydrogen-bond acceptors (Lipinski definition) is 8. The minimum absolute atomic E-state index is 0.0102. The number of hydrogen-bond donors (Lipinski definition) is 4. The summed E-state index contributed by atoms with van der Waals surface area (Å²) in [5.41, 5.74) is 4.68. The Balaban J connectivity index is 0.896. The van der Waals surface area contributed by atoms with Gasteiger partial charge < -0.3 is 39.9 Å². The number of piperidine rings is 1. The zero-order valence-corrected chi connectivity index (χ0v) is 37.3. The van der Waals surface area contributed by atoms with Crippen LogP contribution in [0.1, 0.15) is 101 Å². The van der Waals surface area contributed by atoms with Gasteiger partial charge >= 0.3 is 12.2 Å². The smallest absolute Gasteiger partial charge is 0.407 e. The third-order valence-electron chi connectivity index (χ3n) is 14.7. The van der Waals surface area contributed by atoms with Crippen molar-refractivity contribution in [3.05, 3.63) is 83.6 Å². The lowest BCUT2D eigenvalue weighted by molar-refractivity contribution is -0.139. The Kier molecular flexibility index (Phi) is 10.3. The maximum atomic E-state index is 16.7. The van der Waals surface area contributed by atoms with Crippen LogP contribution in [0.25, 0.3) is 44.5 Å². The summed E-state index contributed by atoms with van der Waals surface area (Å²) in [5, 5.41) is 5.43. The summed E-state index contributed by atoms with van der Waals surface area (Å²) in [6.07, 6.45) is 5.75. The molecule has 3 aliphatic carbocycles. The first-order valence-corrected chi connectivity index (χ1v) is 22.6. The van der Waals surface area contributed by atoms with Crippen molar-refractivity contribution in [2.75, 3.05) is 20.8 Å². The molecule has 16 heteroatoms. The standard InChI is InChI=1S/C49H54F2N8O6/c1-24(2)39(56-46(62)64-5)44(60)58-23-48(15-16-48)21-38(58)42-52-22-37(55-42)28-9-13-32-31-12-8-26(18-33(31)49(50,51)34(32)19-28)27-10-14-35-36(20-27)54-43(53-35)41-29-7-11-30(17-29)59(41)45(61)40(25(3)4)57-47(63)65-6/h8-10,12-14,18-20,22,24-25,29-30,38-41H,7,11,15-17,21,23H2,1-6H3,(H,52,55)(H,53,54)(H,56,62)(H,57,63)/t29-,30+,38+,39+,40-,41+/m1/s1. The minimum atomic E-state index is -3.29. The first-order valence-electron chi connectivity index (χ1n) is 22.6. The molecule has 2 bridgehead atoms. The number of nitrogens with one attached hydrogen (secondary N) is 4. The van der Waals surface area contributed by atoms with E-state index < -0.39 is 30.2 Å². The number of halogens is 2. The second-order valence-corrected chi connectivity index (χ2v) is 19.4. The number of aromatic amines is 2. The van der Waals surface area contributed by atoms with Gasteiger partial charge in [-0.25, -0.2) is 19.6 Å². The largest absolute Gasteiger partial charge is 0.453 e. The van der Waals surface area contributed by atoms with Crippen molar-refractivity contribution < 1.29 is 37.4 Å². The molecule has 0 radical (unpaired) electrons. The number of carbonyl (C=O) groups excluding carboxylic acids is 4. The van der Waals surface area contributed by atoms with Gasteiger partial charge in [0.15, 0.2) is 0 Å². The number of alkyl carbamates (subject to hydrolysis) is 2. The molecule has 2 aliphatic heterocycles. The van der Waals surface area contributed by atoms with Crippen molar-refractivity contribution in [2.45, 2.75) is 102 Å². The maximum Gasteiger partial charge on any atom is 0.407 e. The molecule has 65 heavy (non-hydrogen) atoms. The molecule has 4 N–H and O–H groups in total. The number of amides is 4. The van der Waals surface area contributed by atoms with Crippen LogP contribution in [0.4, 0.5) is 18.4 Å². The summed E-state index contributed by atoms with van der Waals surface area (Å²) < 4.78 is 43.0. The summed E-state index contributed by atoms with van der Waals surface area (Å²) in [5.74, 6) is -2.53. The number of rotatable bonds is 10. The van der Waals surface area contributed by atoms with Gasteiger partial charge in [0, 0.05) is 29.3 Å². The fraction of sp³-hybridized carbons (Fsp3) is 0.469. The number of H-pyrrole nitrogens is 2. The van der Waals surface area contributed by atoms with E-state index in [0.29, 0.717) is 51.7 Å². The Bertz CT molecular complexity index is 2740. The number of alkyl halides is 2. The van der Waals surface area contributed by atoms with Crippen molar-refractivity contribution in [1.29, 1.82) is 0 Å². The third-order valence-corrected chi connectivity index (χ3v) is 14.7. The molecule has 4 fully saturated rings. The minimum Gasteiger partial charge on any atom is -0.453 e. The lowest BCUT2D eigenvalue weighted by atomic mass is 9.95. The van der Waals surface area contributed by atoms with Gasteiger partial charge in [0.2, 0.25) is 11.8 Å². The quantitative estimate of drug-likeness (QED) is 0.108. The second kappa shape index (κ2) is 15.7. The fourth-order valence-corrected chi connectivity index (χ4v) is 11.0. The molecule has 5 aliphatic rings. The van der Waals surface area contributed by atoms with Crippen LogP contribution >= 0.6 is 0 Å². The Morgan fingerprint density at radius 3 is 2.05 bits per heavy atom. The molecular formula is C49H54F2N8O6. The molecule has 2 saturated carbocycles. The Morgan fingerprint density at radius 2 is 1.40 bits per heavy atom. The van der Waals surface area contributed by atoms with Crippen molar-refractivity contribution in [2.24, 2.45) is 23.2 Å². The normalized spacial score (nSPS) is 22.9. The highest BCUT2D eigenvalue weighted by molar-refractivity contribution is 5.89. The molecule has 4 heterocycles. The van der Waals surface area contributed by atoms with E-state index in [9.17, 15) is 19.2 Å². The van der Waals surface area contributed by atoms with Gasteiger partial charge in [-0.2, -0.15) is 8.78 Å². The topological polar surface area (TPSA) is 175 Å². The molecule has 2 aromatic heterocycles. The molecule has 10 rings (SSSR count). The molecule has 3 aromatic carbocycles. The second-order valence-electron chi connectivity index (χ2n) is 19.4. The van der Waals surface area contributed by atoms with Gasteiger partial charge in [-0.1, -0.05) is 58.0 Å².